The summed E-state index contributed by atoms with van der Waals surface area (Å²) >= 11 is 0. The molecule has 0 aliphatic rings. The second-order valence-electron chi connectivity index (χ2n) is 1.88. The van der Waals surface area contributed by atoms with Crippen molar-refractivity contribution >= 4 is 0 Å². The predicted octanol–water partition coefficient (Wildman–Crippen LogP) is 0.568. The van der Waals surface area contributed by atoms with Crippen molar-refractivity contribution in [2.24, 2.45) is 0 Å². The zero-order valence-corrected chi connectivity index (χ0v) is 5.10. The van der Waals surface area contributed by atoms with Crippen molar-refractivity contribution in [1.29, 1.82) is 0 Å². The lowest BCUT2D eigenvalue weighted by Crippen LogP contribution is -2.47. The third kappa shape index (κ3) is 1.50. The monoisotopic (exact) mass is 126 g/mol. The molecule has 0 aliphatic carbocycles. The van der Waals surface area contributed by atoms with Crippen LogP contribution in [0.15, 0.2) is 24.3 Å². The standard InChI is InChI=1S/C7H8FN/c8-7-3-1-6(5-9)2-4-7/h1-4H,5,9H2/p+1. The quantitative estimate of drug-likeness (QED) is 0.569. The Labute approximate surface area is 53.3 Å². The first-order valence-corrected chi connectivity index (χ1v) is 2.86. The molecule has 0 saturated heterocycles. The summed E-state index contributed by atoms with van der Waals surface area (Å²) < 4.78 is 12.2. The Hall–Kier alpha value is -0.890. The predicted molar refractivity (Wildman–Crippen MR) is 33.0 cm³/mol. The summed E-state index contributed by atoms with van der Waals surface area (Å²) in [6, 6.07) is 6.37. The fraction of sp³-hybridized carbons (Fsp3) is 0.143. The second-order valence-corrected chi connectivity index (χ2v) is 1.88. The van der Waals surface area contributed by atoms with E-state index >= 15 is 0 Å². The molecule has 0 fully saturated rings. The van der Waals surface area contributed by atoms with Gasteiger partial charge in [-0.1, -0.05) is 12.1 Å². The summed E-state index contributed by atoms with van der Waals surface area (Å²) in [5.74, 6) is -0.188. The van der Waals surface area contributed by atoms with Crippen LogP contribution in [0.4, 0.5) is 4.39 Å². The first-order chi connectivity index (χ1) is 4.33. The highest BCUT2D eigenvalue weighted by atomic mass is 19.1. The van der Waals surface area contributed by atoms with Gasteiger partial charge >= 0.3 is 0 Å². The van der Waals surface area contributed by atoms with Gasteiger partial charge in [0.25, 0.3) is 0 Å². The molecular formula is C7H9FN+. The van der Waals surface area contributed by atoms with Crippen LogP contribution in [0.25, 0.3) is 0 Å². The third-order valence-corrected chi connectivity index (χ3v) is 1.20. The number of hydrogen-bond acceptors (Lipinski definition) is 0. The molecule has 0 radical (unpaired) electrons. The van der Waals surface area contributed by atoms with Gasteiger partial charge in [-0.25, -0.2) is 4.39 Å². The number of benzene rings is 1. The number of rotatable bonds is 1. The van der Waals surface area contributed by atoms with Gasteiger partial charge in [0.15, 0.2) is 0 Å². The molecule has 1 aromatic carbocycles. The van der Waals surface area contributed by atoms with Gasteiger partial charge in [0.1, 0.15) is 5.82 Å². The van der Waals surface area contributed by atoms with Crippen LogP contribution in [0.3, 0.4) is 0 Å². The molecule has 0 heterocycles. The number of quaternary nitrogens is 1. The van der Waals surface area contributed by atoms with Crippen LogP contribution in [-0.2, 0) is 6.54 Å². The summed E-state index contributed by atoms with van der Waals surface area (Å²) in [6.07, 6.45) is 0. The van der Waals surface area contributed by atoms with E-state index in [-0.39, 0.29) is 5.82 Å². The maximum Gasteiger partial charge on any atom is 0.123 e. The van der Waals surface area contributed by atoms with Crippen LogP contribution >= 0.6 is 0 Å². The zero-order valence-electron chi connectivity index (χ0n) is 5.10. The van der Waals surface area contributed by atoms with Crippen LogP contribution in [-0.4, -0.2) is 0 Å². The Morgan fingerprint density at radius 1 is 1.22 bits per heavy atom. The van der Waals surface area contributed by atoms with Gasteiger partial charge < -0.3 is 5.73 Å². The molecular weight excluding hydrogens is 117 g/mol. The van der Waals surface area contributed by atoms with E-state index < -0.39 is 0 Å². The van der Waals surface area contributed by atoms with Gasteiger partial charge in [0.2, 0.25) is 0 Å². The molecule has 0 unspecified atom stereocenters. The van der Waals surface area contributed by atoms with Gasteiger partial charge in [-0.05, 0) is 12.1 Å². The highest BCUT2D eigenvalue weighted by Gasteiger charge is 1.89. The van der Waals surface area contributed by atoms with E-state index in [9.17, 15) is 4.39 Å². The van der Waals surface area contributed by atoms with E-state index in [0.717, 1.165) is 12.1 Å². The van der Waals surface area contributed by atoms with E-state index in [1.165, 1.54) is 12.1 Å². The fourth-order valence-corrected chi connectivity index (χ4v) is 0.651. The van der Waals surface area contributed by atoms with Crippen molar-refractivity contribution in [3.63, 3.8) is 0 Å². The van der Waals surface area contributed by atoms with Gasteiger partial charge in [-0.2, -0.15) is 0 Å². The van der Waals surface area contributed by atoms with E-state index in [4.69, 9.17) is 0 Å². The minimum Gasteiger partial charge on any atom is -0.354 e. The topological polar surface area (TPSA) is 27.6 Å². The van der Waals surface area contributed by atoms with Crippen LogP contribution in [0.5, 0.6) is 0 Å². The lowest BCUT2D eigenvalue weighted by atomic mass is 10.2. The van der Waals surface area contributed by atoms with Crippen molar-refractivity contribution in [2.75, 3.05) is 0 Å². The lowest BCUT2D eigenvalue weighted by Gasteiger charge is -1.90. The first kappa shape index (κ1) is 6.23. The number of halogens is 1. The summed E-state index contributed by atoms with van der Waals surface area (Å²) in [6.45, 7) is 0.722. The Bertz CT molecular complexity index is 181. The molecule has 0 aromatic heterocycles. The van der Waals surface area contributed by atoms with Gasteiger partial charge in [0.05, 0.1) is 6.54 Å². The molecule has 1 nitrogen and oxygen atoms in total. The van der Waals surface area contributed by atoms with Crippen LogP contribution < -0.4 is 5.73 Å². The molecule has 0 spiro atoms. The van der Waals surface area contributed by atoms with Crippen LogP contribution in [0, 0.1) is 5.82 Å². The summed E-state index contributed by atoms with van der Waals surface area (Å²) in [4.78, 5) is 0. The molecule has 0 saturated carbocycles. The Morgan fingerprint density at radius 3 is 2.22 bits per heavy atom. The van der Waals surface area contributed by atoms with Crippen molar-refractivity contribution < 1.29 is 10.1 Å². The van der Waals surface area contributed by atoms with E-state index in [1.807, 2.05) is 0 Å². The lowest BCUT2D eigenvalue weighted by molar-refractivity contribution is -0.386. The van der Waals surface area contributed by atoms with Crippen molar-refractivity contribution in [3.8, 4) is 0 Å². The van der Waals surface area contributed by atoms with Crippen molar-refractivity contribution in [1.82, 2.24) is 0 Å². The van der Waals surface area contributed by atoms with Gasteiger partial charge in [-0.3, -0.25) is 0 Å². The summed E-state index contributed by atoms with van der Waals surface area (Å²) in [5.41, 5.74) is 4.73. The molecule has 0 atom stereocenters. The van der Waals surface area contributed by atoms with Crippen LogP contribution in [0.1, 0.15) is 5.56 Å². The average Bonchev–Trinajstić information content (AvgIpc) is 1.90. The van der Waals surface area contributed by atoms with Crippen molar-refractivity contribution in [2.45, 2.75) is 6.54 Å². The van der Waals surface area contributed by atoms with Crippen molar-refractivity contribution in [3.05, 3.63) is 35.6 Å². The Kier molecular flexibility index (Phi) is 1.80. The van der Waals surface area contributed by atoms with Gasteiger partial charge in [-0.15, -0.1) is 0 Å². The molecule has 0 amide bonds. The van der Waals surface area contributed by atoms with E-state index in [0.29, 0.717) is 0 Å². The Morgan fingerprint density at radius 2 is 1.78 bits per heavy atom. The first-order valence-electron chi connectivity index (χ1n) is 2.86. The van der Waals surface area contributed by atoms with E-state index in [1.54, 1.807) is 12.1 Å². The number of hydrogen-bond donors (Lipinski definition) is 1. The molecule has 48 valence electrons. The largest absolute Gasteiger partial charge is 0.354 e. The van der Waals surface area contributed by atoms with E-state index in [2.05, 4.69) is 5.73 Å². The maximum atomic E-state index is 12.2. The highest BCUT2D eigenvalue weighted by molar-refractivity contribution is 5.14. The maximum absolute atomic E-state index is 12.2. The molecule has 9 heavy (non-hydrogen) atoms. The third-order valence-electron chi connectivity index (χ3n) is 1.20. The zero-order chi connectivity index (χ0) is 6.69. The summed E-state index contributed by atoms with van der Waals surface area (Å²) in [5, 5.41) is 0. The Balaban J connectivity index is 2.88. The fourth-order valence-electron chi connectivity index (χ4n) is 0.651. The molecule has 0 bridgehead atoms. The average molecular weight is 126 g/mol. The minimum atomic E-state index is -0.188. The molecule has 1 aromatic rings. The normalized spacial score (nSPS) is 9.56. The molecule has 0 aliphatic heterocycles. The highest BCUT2D eigenvalue weighted by Crippen LogP contribution is 1.99. The minimum absolute atomic E-state index is 0.188. The smallest absolute Gasteiger partial charge is 0.123 e. The SMILES string of the molecule is [NH3+]Cc1ccc(F)cc1. The molecule has 2 heteroatoms. The van der Waals surface area contributed by atoms with Gasteiger partial charge in [0, 0.05) is 5.56 Å². The molecule has 1 rings (SSSR count). The molecule has 3 N–H and O–H groups in total. The summed E-state index contributed by atoms with van der Waals surface area (Å²) in [7, 11) is 0. The second kappa shape index (κ2) is 2.60. The van der Waals surface area contributed by atoms with Crippen LogP contribution in [0.2, 0.25) is 0 Å².